The van der Waals surface area contributed by atoms with Crippen LogP contribution in [0.15, 0.2) is 47.4 Å². The van der Waals surface area contributed by atoms with Gasteiger partial charge < -0.3 is 14.6 Å². The van der Waals surface area contributed by atoms with Gasteiger partial charge in [-0.2, -0.15) is 4.31 Å². The zero-order valence-electron chi connectivity index (χ0n) is 15.0. The number of nitrogens with zero attached hydrogens (tertiary/aromatic N) is 1. The van der Waals surface area contributed by atoms with Crippen molar-refractivity contribution in [1.82, 2.24) is 4.31 Å². The van der Waals surface area contributed by atoms with E-state index in [1.165, 1.54) is 45.5 Å². The maximum Gasteiger partial charge on any atom is 0.322 e. The van der Waals surface area contributed by atoms with Crippen LogP contribution in [0.3, 0.4) is 0 Å². The van der Waals surface area contributed by atoms with Crippen LogP contribution in [0, 0.1) is 0 Å². The van der Waals surface area contributed by atoms with Gasteiger partial charge in [0.2, 0.25) is 10.0 Å². The summed E-state index contributed by atoms with van der Waals surface area (Å²) in [6, 6.07) is 9.13. The van der Waals surface area contributed by atoms with Gasteiger partial charge in [-0.3, -0.25) is 4.79 Å². The first-order chi connectivity index (χ1) is 12.7. The van der Waals surface area contributed by atoms with E-state index in [4.69, 9.17) is 21.1 Å². The fourth-order valence-electron chi connectivity index (χ4n) is 2.54. The molecule has 0 aliphatic carbocycles. The second-order valence-electron chi connectivity index (χ2n) is 5.71. The molecular weight excluding hydrogens is 394 g/mol. The average Bonchev–Trinajstić information content (AvgIpc) is 2.65. The van der Waals surface area contributed by atoms with Crippen LogP contribution in [-0.2, 0) is 21.2 Å². The third-order valence-corrected chi connectivity index (χ3v) is 6.25. The molecule has 0 heterocycles. The van der Waals surface area contributed by atoms with Crippen LogP contribution in [0.25, 0.3) is 0 Å². The minimum Gasteiger partial charge on any atom is -0.497 e. The number of ether oxygens (including phenoxy) is 2. The van der Waals surface area contributed by atoms with Gasteiger partial charge in [0.25, 0.3) is 0 Å². The molecule has 2 aromatic carbocycles. The van der Waals surface area contributed by atoms with Crippen molar-refractivity contribution in [3.8, 4) is 11.5 Å². The molecule has 0 bridgehead atoms. The van der Waals surface area contributed by atoms with Crippen molar-refractivity contribution in [2.75, 3.05) is 21.3 Å². The Kier molecular flexibility index (Phi) is 6.69. The number of aliphatic carboxylic acids is 1. The Labute approximate surface area is 163 Å². The molecule has 0 radical (unpaired) electrons. The molecule has 0 aliphatic heterocycles. The Morgan fingerprint density at radius 2 is 1.78 bits per heavy atom. The largest absolute Gasteiger partial charge is 0.497 e. The summed E-state index contributed by atoms with van der Waals surface area (Å²) < 4.78 is 36.8. The lowest BCUT2D eigenvalue weighted by molar-refractivity contribution is -0.141. The molecule has 0 fully saturated rings. The van der Waals surface area contributed by atoms with Gasteiger partial charge in [0.15, 0.2) is 0 Å². The molecule has 0 unspecified atom stereocenters. The Balaban J connectivity index is 2.37. The second kappa shape index (κ2) is 8.60. The maximum absolute atomic E-state index is 12.8. The smallest absolute Gasteiger partial charge is 0.322 e. The molecule has 1 N–H and O–H groups in total. The fraction of sp³-hybridized carbons (Fsp3) is 0.278. The quantitative estimate of drug-likeness (QED) is 0.715. The molecule has 2 aromatic rings. The first-order valence-electron chi connectivity index (χ1n) is 7.88. The molecule has 0 saturated heterocycles. The zero-order valence-corrected chi connectivity index (χ0v) is 16.6. The highest BCUT2D eigenvalue weighted by atomic mass is 35.5. The van der Waals surface area contributed by atoms with E-state index in [1.807, 2.05) is 0 Å². The Hall–Kier alpha value is -2.29. The lowest BCUT2D eigenvalue weighted by Crippen LogP contribution is -2.43. The van der Waals surface area contributed by atoms with Crippen LogP contribution in [0.4, 0.5) is 0 Å². The van der Waals surface area contributed by atoms with Crippen molar-refractivity contribution in [1.29, 1.82) is 0 Å². The number of carboxylic acids is 1. The first-order valence-corrected chi connectivity index (χ1v) is 9.69. The van der Waals surface area contributed by atoms with Crippen molar-refractivity contribution in [2.45, 2.75) is 17.4 Å². The minimum atomic E-state index is -4.02. The lowest BCUT2D eigenvalue weighted by Gasteiger charge is -2.25. The summed E-state index contributed by atoms with van der Waals surface area (Å²) in [5.74, 6) is -0.310. The van der Waals surface area contributed by atoms with E-state index < -0.39 is 22.0 Å². The predicted octanol–water partition coefficient (Wildman–Crippen LogP) is 2.67. The number of halogens is 1. The standard InChI is InChI=1S/C18H20ClNO6S/c1-20(27(23,24)15-8-5-13(19)6-9-15)16(18(21)22)10-12-4-7-14(25-2)11-17(12)26-3/h4-9,11,16H,10H2,1-3H3,(H,21,22)/t16-/m0/s1. The van der Waals surface area contributed by atoms with Gasteiger partial charge in [-0.1, -0.05) is 17.7 Å². The Morgan fingerprint density at radius 3 is 2.30 bits per heavy atom. The Morgan fingerprint density at radius 1 is 1.15 bits per heavy atom. The van der Waals surface area contributed by atoms with Gasteiger partial charge in [0.05, 0.1) is 19.1 Å². The molecule has 1 atom stereocenters. The number of hydrogen-bond donors (Lipinski definition) is 1. The van der Waals surface area contributed by atoms with Crippen molar-refractivity contribution in [3.63, 3.8) is 0 Å². The average molecular weight is 414 g/mol. The van der Waals surface area contributed by atoms with Gasteiger partial charge in [-0.05, 0) is 35.9 Å². The molecule has 2 rings (SSSR count). The van der Waals surface area contributed by atoms with Crippen molar-refractivity contribution < 1.29 is 27.8 Å². The molecule has 7 nitrogen and oxygen atoms in total. The first kappa shape index (κ1) is 21.0. The molecule has 0 amide bonds. The van der Waals surface area contributed by atoms with Crippen LogP contribution < -0.4 is 9.47 Å². The molecule has 27 heavy (non-hydrogen) atoms. The lowest BCUT2D eigenvalue weighted by atomic mass is 10.0. The van der Waals surface area contributed by atoms with Crippen molar-refractivity contribution >= 4 is 27.6 Å². The molecule has 9 heteroatoms. The molecule has 0 aliphatic rings. The normalized spacial score (nSPS) is 12.6. The van der Waals surface area contributed by atoms with Crippen LogP contribution in [-0.4, -0.2) is 51.1 Å². The predicted molar refractivity (Wildman–Crippen MR) is 101 cm³/mol. The van der Waals surface area contributed by atoms with E-state index in [0.29, 0.717) is 22.1 Å². The monoisotopic (exact) mass is 413 g/mol. The topological polar surface area (TPSA) is 93.1 Å². The summed E-state index contributed by atoms with van der Waals surface area (Å²) in [4.78, 5) is 11.8. The number of hydrogen-bond acceptors (Lipinski definition) is 5. The number of carboxylic acid groups (broad SMARTS) is 1. The van der Waals surface area contributed by atoms with Crippen molar-refractivity contribution in [2.24, 2.45) is 0 Å². The number of methoxy groups -OCH3 is 2. The van der Waals surface area contributed by atoms with E-state index in [0.717, 1.165) is 4.31 Å². The van der Waals surface area contributed by atoms with Gasteiger partial charge in [-0.25, -0.2) is 8.42 Å². The summed E-state index contributed by atoms with van der Waals surface area (Å²) in [5.41, 5.74) is 0.545. The van der Waals surface area contributed by atoms with Crippen LogP contribution in [0.2, 0.25) is 5.02 Å². The summed E-state index contributed by atoms with van der Waals surface area (Å²) in [6.07, 6.45) is -0.0776. The van der Waals surface area contributed by atoms with Gasteiger partial charge >= 0.3 is 5.97 Å². The summed E-state index contributed by atoms with van der Waals surface area (Å²) in [6.45, 7) is 0. The summed E-state index contributed by atoms with van der Waals surface area (Å²) in [7, 11) is 0.158. The molecule has 146 valence electrons. The number of sulfonamides is 1. The minimum absolute atomic E-state index is 0.0395. The summed E-state index contributed by atoms with van der Waals surface area (Å²) in [5, 5.41) is 10.0. The van der Waals surface area contributed by atoms with Gasteiger partial charge in [0.1, 0.15) is 17.5 Å². The SMILES string of the molecule is COc1ccc(C[C@@H](C(=O)O)N(C)S(=O)(=O)c2ccc(Cl)cc2)c(OC)c1. The number of benzene rings is 2. The molecular formula is C18H20ClNO6S. The number of rotatable bonds is 8. The third kappa shape index (κ3) is 4.71. The van der Waals surface area contributed by atoms with Crippen molar-refractivity contribution in [3.05, 3.63) is 53.1 Å². The van der Waals surface area contributed by atoms with Gasteiger partial charge in [0, 0.05) is 24.6 Å². The maximum atomic E-state index is 12.8. The van der Waals surface area contributed by atoms with E-state index in [1.54, 1.807) is 18.2 Å². The van der Waals surface area contributed by atoms with E-state index in [2.05, 4.69) is 0 Å². The van der Waals surface area contributed by atoms with Crippen LogP contribution in [0.5, 0.6) is 11.5 Å². The van der Waals surface area contributed by atoms with E-state index in [9.17, 15) is 18.3 Å². The Bertz CT molecular complexity index is 914. The zero-order chi connectivity index (χ0) is 20.2. The molecule has 0 aromatic heterocycles. The highest BCUT2D eigenvalue weighted by Crippen LogP contribution is 2.28. The van der Waals surface area contributed by atoms with Gasteiger partial charge in [-0.15, -0.1) is 0 Å². The second-order valence-corrected chi connectivity index (χ2v) is 8.15. The summed E-state index contributed by atoms with van der Waals surface area (Å²) >= 11 is 5.79. The van der Waals surface area contributed by atoms with Crippen LogP contribution >= 0.6 is 11.6 Å². The molecule has 0 saturated carbocycles. The highest BCUT2D eigenvalue weighted by Gasteiger charge is 2.33. The van der Waals surface area contributed by atoms with Crippen LogP contribution in [0.1, 0.15) is 5.56 Å². The fourth-order valence-corrected chi connectivity index (χ4v) is 3.98. The number of carbonyl (C=O) groups is 1. The molecule has 0 spiro atoms. The van der Waals surface area contributed by atoms with E-state index >= 15 is 0 Å². The highest BCUT2D eigenvalue weighted by molar-refractivity contribution is 7.89. The number of likely N-dealkylation sites (N-methyl/N-ethyl adjacent to an activating group) is 1. The van der Waals surface area contributed by atoms with E-state index in [-0.39, 0.29) is 11.3 Å². The third-order valence-electron chi connectivity index (χ3n) is 4.12.